The number of carbonyl (C=O) groups is 1. The lowest BCUT2D eigenvalue weighted by atomic mass is 10.0. The van der Waals surface area contributed by atoms with Gasteiger partial charge in [0.15, 0.2) is 16.4 Å². The first kappa shape index (κ1) is 18.1. The van der Waals surface area contributed by atoms with Crippen molar-refractivity contribution in [1.29, 1.82) is 0 Å². The molecule has 134 valence electrons. The lowest BCUT2D eigenvalue weighted by molar-refractivity contribution is -0.676. The molecule has 0 saturated carbocycles. The Labute approximate surface area is 152 Å². The van der Waals surface area contributed by atoms with E-state index in [1.54, 1.807) is 11.3 Å². The van der Waals surface area contributed by atoms with E-state index in [1.165, 1.54) is 4.88 Å². The summed E-state index contributed by atoms with van der Waals surface area (Å²) in [5.74, 6) is 0.0470. The fraction of sp³-hybridized carbons (Fsp3) is 0.389. The van der Waals surface area contributed by atoms with Gasteiger partial charge in [-0.15, -0.1) is 11.3 Å². The van der Waals surface area contributed by atoms with Gasteiger partial charge < -0.3 is 10.6 Å². The third-order valence-electron chi connectivity index (χ3n) is 4.49. The molecule has 7 heteroatoms. The zero-order valence-corrected chi connectivity index (χ0v) is 15.8. The first-order valence-corrected chi connectivity index (χ1v) is 11.0. The van der Waals surface area contributed by atoms with Crippen molar-refractivity contribution in [2.75, 3.05) is 18.1 Å². The van der Waals surface area contributed by atoms with Crippen molar-refractivity contribution in [3.63, 3.8) is 0 Å². The number of hydrogen-bond donors (Lipinski definition) is 2. The molecule has 25 heavy (non-hydrogen) atoms. The van der Waals surface area contributed by atoms with Crippen LogP contribution in [0, 0.1) is 0 Å². The zero-order chi connectivity index (χ0) is 17.9. The molecule has 0 spiro atoms. The molecule has 5 nitrogen and oxygen atoms in total. The number of amides is 1. The van der Waals surface area contributed by atoms with Crippen LogP contribution in [0.2, 0.25) is 0 Å². The summed E-state index contributed by atoms with van der Waals surface area (Å²) in [5.41, 5.74) is 0.502. The number of quaternary nitrogens is 1. The molecule has 0 radical (unpaired) electrons. The third kappa shape index (κ3) is 4.68. The second-order valence-corrected chi connectivity index (χ2v) is 9.96. The molecular weight excluding hydrogens is 356 g/mol. The van der Waals surface area contributed by atoms with E-state index in [2.05, 4.69) is 23.5 Å². The number of hydrogen-bond acceptors (Lipinski definition) is 4. The van der Waals surface area contributed by atoms with E-state index in [4.69, 9.17) is 0 Å². The van der Waals surface area contributed by atoms with Crippen LogP contribution >= 0.6 is 11.3 Å². The van der Waals surface area contributed by atoms with E-state index in [0.717, 1.165) is 5.56 Å². The van der Waals surface area contributed by atoms with E-state index in [1.807, 2.05) is 41.9 Å². The number of nitrogens with two attached hydrogens (primary N) is 1. The number of sulfone groups is 1. The molecule has 1 aromatic heterocycles. The summed E-state index contributed by atoms with van der Waals surface area (Å²) in [6.07, 6.45) is 0.480. The van der Waals surface area contributed by atoms with Crippen molar-refractivity contribution >= 4 is 27.1 Å². The zero-order valence-electron chi connectivity index (χ0n) is 14.1. The molecule has 3 rings (SSSR count). The van der Waals surface area contributed by atoms with E-state index in [0.29, 0.717) is 6.42 Å². The molecule has 0 aliphatic carbocycles. The van der Waals surface area contributed by atoms with Crippen molar-refractivity contribution in [1.82, 2.24) is 5.32 Å². The molecule has 0 unspecified atom stereocenters. The second kappa shape index (κ2) is 7.27. The van der Waals surface area contributed by atoms with Gasteiger partial charge in [-0.25, -0.2) is 8.42 Å². The molecule has 2 heterocycles. The Morgan fingerprint density at radius 3 is 2.64 bits per heavy atom. The summed E-state index contributed by atoms with van der Waals surface area (Å²) < 4.78 is 23.4. The smallest absolute Gasteiger partial charge is 0.275 e. The minimum absolute atomic E-state index is 0.0266. The largest absolute Gasteiger partial charge is 0.345 e. The van der Waals surface area contributed by atoms with Crippen LogP contribution < -0.4 is 10.6 Å². The molecule has 1 saturated heterocycles. The Morgan fingerprint density at radius 1 is 1.28 bits per heavy atom. The van der Waals surface area contributed by atoms with Crippen LogP contribution in [0.15, 0.2) is 47.8 Å². The maximum Gasteiger partial charge on any atom is 0.275 e. The minimum atomic E-state index is -3.03. The predicted molar refractivity (Wildman–Crippen MR) is 99.2 cm³/mol. The number of carbonyl (C=O) groups excluding carboxylic acids is 1. The lowest BCUT2D eigenvalue weighted by Crippen LogP contribution is -2.88. The molecule has 2 aromatic rings. The average Bonchev–Trinajstić information content (AvgIpc) is 3.17. The summed E-state index contributed by atoms with van der Waals surface area (Å²) in [5, 5.41) is 6.95. The fourth-order valence-electron chi connectivity index (χ4n) is 3.27. The minimum Gasteiger partial charge on any atom is -0.345 e. The predicted octanol–water partition coefficient (Wildman–Crippen LogP) is 1.09. The van der Waals surface area contributed by atoms with Gasteiger partial charge in [-0.3, -0.25) is 4.79 Å². The summed E-state index contributed by atoms with van der Waals surface area (Å²) in [6.45, 7) is 2.07. The van der Waals surface area contributed by atoms with E-state index in [9.17, 15) is 13.2 Å². The molecule has 1 aromatic carbocycles. The second-order valence-electron chi connectivity index (χ2n) is 6.79. The van der Waals surface area contributed by atoms with Crippen molar-refractivity contribution in [2.45, 2.75) is 24.9 Å². The van der Waals surface area contributed by atoms with Gasteiger partial charge >= 0.3 is 0 Å². The van der Waals surface area contributed by atoms with Gasteiger partial charge in [0.25, 0.3) is 5.91 Å². The van der Waals surface area contributed by atoms with Gasteiger partial charge in [0, 0.05) is 5.56 Å². The van der Waals surface area contributed by atoms with Gasteiger partial charge in [0.1, 0.15) is 6.04 Å². The summed E-state index contributed by atoms with van der Waals surface area (Å²) in [4.78, 5) is 13.6. The Morgan fingerprint density at radius 2 is 2.04 bits per heavy atom. The van der Waals surface area contributed by atoms with Crippen molar-refractivity contribution < 1.29 is 18.5 Å². The highest BCUT2D eigenvalue weighted by atomic mass is 32.2. The van der Waals surface area contributed by atoms with Crippen molar-refractivity contribution in [3.8, 4) is 0 Å². The van der Waals surface area contributed by atoms with Gasteiger partial charge in [-0.05, 0) is 24.8 Å². The number of thiophene rings is 1. The van der Waals surface area contributed by atoms with E-state index in [-0.39, 0.29) is 30.0 Å². The highest BCUT2D eigenvalue weighted by Gasteiger charge is 2.39. The number of nitrogens with one attached hydrogen (secondary N) is 1. The van der Waals surface area contributed by atoms with Gasteiger partial charge in [0.05, 0.1) is 21.9 Å². The maximum atomic E-state index is 12.4. The maximum absolute atomic E-state index is 12.4. The molecular formula is C18H23N2O3S2+. The third-order valence-corrected chi connectivity index (χ3v) is 7.35. The lowest BCUT2D eigenvalue weighted by Gasteiger charge is -2.24. The molecule has 1 amide bonds. The van der Waals surface area contributed by atoms with Gasteiger partial charge in [-0.1, -0.05) is 36.4 Å². The number of rotatable bonds is 6. The Balaban J connectivity index is 1.65. The quantitative estimate of drug-likeness (QED) is 0.789. The molecule has 0 bridgehead atoms. The van der Waals surface area contributed by atoms with Crippen LogP contribution in [0.1, 0.15) is 29.8 Å². The highest BCUT2D eigenvalue weighted by molar-refractivity contribution is 7.91. The Kier molecular flexibility index (Phi) is 5.27. The normalized spacial score (nSPS) is 23.2. The van der Waals surface area contributed by atoms with Crippen molar-refractivity contribution in [3.05, 3.63) is 58.3 Å². The van der Waals surface area contributed by atoms with Crippen LogP contribution in [0.4, 0.5) is 0 Å². The summed E-state index contributed by atoms with van der Waals surface area (Å²) in [6, 6.07) is 14.2. The van der Waals surface area contributed by atoms with Crippen LogP contribution in [0.3, 0.4) is 0 Å². The fourth-order valence-corrected chi connectivity index (χ4v) is 6.21. The molecule has 1 fully saturated rings. The first-order chi connectivity index (χ1) is 11.9. The average molecular weight is 380 g/mol. The van der Waals surface area contributed by atoms with Crippen LogP contribution in [0.25, 0.3) is 0 Å². The van der Waals surface area contributed by atoms with Crippen LogP contribution in [-0.4, -0.2) is 37.9 Å². The Hall–Kier alpha value is -1.70. The SMILES string of the molecule is C[C@]1(NC(=O)C[NH2+][C@H](c2ccccc2)c2cccs2)CCS(=O)(=O)C1. The Bertz CT molecular complexity index is 819. The van der Waals surface area contributed by atoms with Crippen molar-refractivity contribution in [2.24, 2.45) is 0 Å². The molecule has 1 aliphatic rings. The molecule has 2 atom stereocenters. The van der Waals surface area contributed by atoms with Gasteiger partial charge in [-0.2, -0.15) is 0 Å². The van der Waals surface area contributed by atoms with E-state index >= 15 is 0 Å². The number of benzene rings is 1. The monoisotopic (exact) mass is 379 g/mol. The first-order valence-electron chi connectivity index (χ1n) is 8.30. The summed E-state index contributed by atoms with van der Waals surface area (Å²) >= 11 is 1.67. The highest BCUT2D eigenvalue weighted by Crippen LogP contribution is 2.23. The molecule has 1 aliphatic heterocycles. The summed E-state index contributed by atoms with van der Waals surface area (Å²) in [7, 11) is -3.03. The standard InChI is InChI=1S/C18H22N2O3S2/c1-18(9-11-25(22,23)13-18)20-16(21)12-19-17(15-8-5-10-24-15)14-6-3-2-4-7-14/h2-8,10,17,19H,9,11-13H2,1H3,(H,20,21)/p+1/t17-,18+/m1/s1. The van der Waals surface area contributed by atoms with Gasteiger partial charge in [0.2, 0.25) is 0 Å². The molecule has 3 N–H and O–H groups in total. The van der Waals surface area contributed by atoms with E-state index < -0.39 is 15.4 Å². The van der Waals surface area contributed by atoms with Crippen LogP contribution in [-0.2, 0) is 14.6 Å². The van der Waals surface area contributed by atoms with Crippen LogP contribution in [0.5, 0.6) is 0 Å². The topological polar surface area (TPSA) is 79.8 Å².